The van der Waals surface area contributed by atoms with E-state index in [1.54, 1.807) is 0 Å². The number of hydrogen-bond donors (Lipinski definition) is 0. The van der Waals surface area contributed by atoms with Crippen molar-refractivity contribution in [1.82, 2.24) is 0 Å². The van der Waals surface area contributed by atoms with Gasteiger partial charge in [-0.25, -0.2) is 0 Å². The molecular formula is C14H18O2. The van der Waals surface area contributed by atoms with Crippen LogP contribution in [0.3, 0.4) is 0 Å². The SMILES string of the molecule is Cc1cccc(C)c1OCCC(=O)C1CC1. The Morgan fingerprint density at radius 1 is 1.31 bits per heavy atom. The van der Waals surface area contributed by atoms with E-state index >= 15 is 0 Å². The molecule has 0 saturated heterocycles. The normalized spacial score (nSPS) is 14.9. The van der Waals surface area contributed by atoms with Crippen molar-refractivity contribution in [2.45, 2.75) is 33.1 Å². The average Bonchev–Trinajstić information content (AvgIpc) is 3.05. The van der Waals surface area contributed by atoms with Crippen LogP contribution in [0.25, 0.3) is 0 Å². The van der Waals surface area contributed by atoms with Gasteiger partial charge >= 0.3 is 0 Å². The maximum absolute atomic E-state index is 11.5. The highest BCUT2D eigenvalue weighted by atomic mass is 16.5. The molecule has 1 aromatic carbocycles. The first-order chi connectivity index (χ1) is 7.68. The van der Waals surface area contributed by atoms with E-state index in [0.29, 0.717) is 24.7 Å². The minimum Gasteiger partial charge on any atom is -0.493 e. The molecule has 2 nitrogen and oxygen atoms in total. The van der Waals surface area contributed by atoms with E-state index in [2.05, 4.69) is 0 Å². The summed E-state index contributed by atoms with van der Waals surface area (Å²) in [6, 6.07) is 6.09. The van der Waals surface area contributed by atoms with Gasteiger partial charge in [-0.3, -0.25) is 4.79 Å². The largest absolute Gasteiger partial charge is 0.493 e. The zero-order valence-electron chi connectivity index (χ0n) is 9.95. The Labute approximate surface area is 96.6 Å². The van der Waals surface area contributed by atoms with Crippen LogP contribution in [0, 0.1) is 19.8 Å². The third-order valence-corrected chi connectivity index (χ3v) is 3.04. The number of hydrogen-bond acceptors (Lipinski definition) is 2. The van der Waals surface area contributed by atoms with Gasteiger partial charge in [-0.15, -0.1) is 0 Å². The van der Waals surface area contributed by atoms with E-state index in [-0.39, 0.29) is 0 Å². The maximum atomic E-state index is 11.5. The second kappa shape index (κ2) is 4.69. The first kappa shape index (κ1) is 11.2. The molecule has 0 heterocycles. The van der Waals surface area contributed by atoms with Crippen LogP contribution in [0.15, 0.2) is 18.2 Å². The summed E-state index contributed by atoms with van der Waals surface area (Å²) in [5.74, 6) is 1.65. The van der Waals surface area contributed by atoms with Gasteiger partial charge in [0.2, 0.25) is 0 Å². The highest BCUT2D eigenvalue weighted by Gasteiger charge is 2.28. The van der Waals surface area contributed by atoms with Crippen molar-refractivity contribution in [3.05, 3.63) is 29.3 Å². The summed E-state index contributed by atoms with van der Waals surface area (Å²) in [6.07, 6.45) is 2.73. The number of ketones is 1. The van der Waals surface area contributed by atoms with Crippen molar-refractivity contribution in [3.8, 4) is 5.75 Å². The van der Waals surface area contributed by atoms with Crippen LogP contribution >= 0.6 is 0 Å². The number of aryl methyl sites for hydroxylation is 2. The van der Waals surface area contributed by atoms with Crippen LogP contribution in [0.5, 0.6) is 5.75 Å². The molecule has 86 valence electrons. The molecule has 0 bridgehead atoms. The van der Waals surface area contributed by atoms with E-state index in [1.807, 2.05) is 32.0 Å². The number of para-hydroxylation sites is 1. The molecule has 0 spiro atoms. The van der Waals surface area contributed by atoms with E-state index < -0.39 is 0 Å². The van der Waals surface area contributed by atoms with Crippen molar-refractivity contribution < 1.29 is 9.53 Å². The van der Waals surface area contributed by atoms with Crippen molar-refractivity contribution >= 4 is 5.78 Å². The van der Waals surface area contributed by atoms with Crippen LogP contribution in [-0.2, 0) is 4.79 Å². The minimum atomic E-state index is 0.349. The monoisotopic (exact) mass is 218 g/mol. The highest BCUT2D eigenvalue weighted by Crippen LogP contribution is 2.31. The van der Waals surface area contributed by atoms with Gasteiger partial charge in [0.1, 0.15) is 11.5 Å². The fourth-order valence-electron chi connectivity index (χ4n) is 1.89. The first-order valence-electron chi connectivity index (χ1n) is 5.90. The number of ether oxygens (including phenoxy) is 1. The number of Topliss-reactive ketones (excluding diaryl/α,β-unsaturated/α-hetero) is 1. The summed E-state index contributed by atoms with van der Waals surface area (Å²) in [7, 11) is 0. The number of rotatable bonds is 5. The summed E-state index contributed by atoms with van der Waals surface area (Å²) in [4.78, 5) is 11.5. The average molecular weight is 218 g/mol. The van der Waals surface area contributed by atoms with Crippen molar-refractivity contribution in [1.29, 1.82) is 0 Å². The second-order valence-corrected chi connectivity index (χ2v) is 4.56. The zero-order chi connectivity index (χ0) is 11.5. The molecule has 0 radical (unpaired) electrons. The molecule has 0 aliphatic heterocycles. The van der Waals surface area contributed by atoms with E-state index in [4.69, 9.17) is 4.74 Å². The fraction of sp³-hybridized carbons (Fsp3) is 0.500. The van der Waals surface area contributed by atoms with Crippen molar-refractivity contribution in [2.75, 3.05) is 6.61 Å². The van der Waals surface area contributed by atoms with Crippen LogP contribution in [0.2, 0.25) is 0 Å². The van der Waals surface area contributed by atoms with Gasteiger partial charge in [0.05, 0.1) is 6.61 Å². The molecule has 2 heteroatoms. The van der Waals surface area contributed by atoms with Crippen LogP contribution in [0.1, 0.15) is 30.4 Å². The molecule has 2 rings (SSSR count). The molecule has 1 aromatic rings. The summed E-state index contributed by atoms with van der Waals surface area (Å²) in [5, 5.41) is 0. The number of carbonyl (C=O) groups is 1. The Hall–Kier alpha value is -1.31. The molecule has 0 unspecified atom stereocenters. The quantitative estimate of drug-likeness (QED) is 0.759. The smallest absolute Gasteiger partial charge is 0.139 e. The summed E-state index contributed by atoms with van der Waals surface area (Å²) in [5.41, 5.74) is 2.28. The molecule has 0 aromatic heterocycles. The Bertz CT molecular complexity index is 371. The summed E-state index contributed by atoms with van der Waals surface area (Å²) >= 11 is 0. The molecule has 1 aliphatic carbocycles. The lowest BCUT2D eigenvalue weighted by Gasteiger charge is -2.11. The van der Waals surface area contributed by atoms with E-state index in [9.17, 15) is 4.79 Å². The van der Waals surface area contributed by atoms with Gasteiger partial charge in [-0.2, -0.15) is 0 Å². The van der Waals surface area contributed by atoms with Gasteiger partial charge in [-0.05, 0) is 37.8 Å². The Balaban J connectivity index is 1.86. The summed E-state index contributed by atoms with van der Waals surface area (Å²) < 4.78 is 5.70. The van der Waals surface area contributed by atoms with Gasteiger partial charge in [-0.1, -0.05) is 18.2 Å². The maximum Gasteiger partial charge on any atom is 0.139 e. The van der Waals surface area contributed by atoms with Gasteiger partial charge < -0.3 is 4.74 Å². The minimum absolute atomic E-state index is 0.349. The Kier molecular flexibility index (Phi) is 3.28. The molecule has 1 fully saturated rings. The lowest BCUT2D eigenvalue weighted by Crippen LogP contribution is -2.08. The zero-order valence-corrected chi connectivity index (χ0v) is 9.95. The van der Waals surface area contributed by atoms with Gasteiger partial charge in [0, 0.05) is 12.3 Å². The topological polar surface area (TPSA) is 26.3 Å². The lowest BCUT2D eigenvalue weighted by atomic mass is 10.1. The van der Waals surface area contributed by atoms with Gasteiger partial charge in [0.25, 0.3) is 0 Å². The van der Waals surface area contributed by atoms with Gasteiger partial charge in [0.15, 0.2) is 0 Å². The molecular weight excluding hydrogens is 200 g/mol. The Morgan fingerprint density at radius 3 is 2.50 bits per heavy atom. The van der Waals surface area contributed by atoms with E-state index in [0.717, 1.165) is 29.7 Å². The highest BCUT2D eigenvalue weighted by molar-refractivity contribution is 5.83. The fourth-order valence-corrected chi connectivity index (χ4v) is 1.89. The Morgan fingerprint density at radius 2 is 1.94 bits per heavy atom. The van der Waals surface area contributed by atoms with Crippen LogP contribution < -0.4 is 4.74 Å². The van der Waals surface area contributed by atoms with Crippen LogP contribution in [0.4, 0.5) is 0 Å². The second-order valence-electron chi connectivity index (χ2n) is 4.56. The molecule has 0 N–H and O–H groups in total. The first-order valence-corrected chi connectivity index (χ1v) is 5.90. The number of benzene rings is 1. The predicted octanol–water partition coefficient (Wildman–Crippen LogP) is 3.05. The predicted molar refractivity (Wildman–Crippen MR) is 63.8 cm³/mol. The molecule has 1 saturated carbocycles. The van der Waals surface area contributed by atoms with Crippen LogP contribution in [-0.4, -0.2) is 12.4 Å². The standard InChI is InChI=1S/C14H18O2/c1-10-4-3-5-11(2)14(10)16-9-8-13(15)12-6-7-12/h3-5,12H,6-9H2,1-2H3. The molecule has 0 amide bonds. The molecule has 1 aliphatic rings. The lowest BCUT2D eigenvalue weighted by molar-refractivity contribution is -0.120. The third kappa shape index (κ3) is 2.63. The van der Waals surface area contributed by atoms with Crippen molar-refractivity contribution in [3.63, 3.8) is 0 Å². The molecule has 16 heavy (non-hydrogen) atoms. The molecule has 0 atom stereocenters. The summed E-state index contributed by atoms with van der Waals surface area (Å²) in [6.45, 7) is 4.58. The number of carbonyl (C=O) groups excluding carboxylic acids is 1. The van der Waals surface area contributed by atoms with Crippen molar-refractivity contribution in [2.24, 2.45) is 5.92 Å². The van der Waals surface area contributed by atoms with E-state index in [1.165, 1.54) is 0 Å². The third-order valence-electron chi connectivity index (χ3n) is 3.04.